The number of hydrogen-bond donors (Lipinski definition) is 2. The van der Waals surface area contributed by atoms with Crippen LogP contribution in [0.2, 0.25) is 0 Å². The zero-order valence-corrected chi connectivity index (χ0v) is 20.0. The number of nitrogens with one attached hydrogen (secondary N) is 1. The highest BCUT2D eigenvalue weighted by molar-refractivity contribution is 9.10. The van der Waals surface area contributed by atoms with Crippen LogP contribution in [0.5, 0.6) is 0 Å². The van der Waals surface area contributed by atoms with Crippen LogP contribution in [0.1, 0.15) is 48.7 Å². The van der Waals surface area contributed by atoms with E-state index in [0.717, 1.165) is 12.8 Å². The van der Waals surface area contributed by atoms with Gasteiger partial charge in [-0.3, -0.25) is 9.59 Å². The molecule has 3 heterocycles. The fraction of sp³-hybridized carbons (Fsp3) is 0.500. The summed E-state index contributed by atoms with van der Waals surface area (Å²) in [7, 11) is -4.07. The van der Waals surface area contributed by atoms with Gasteiger partial charge in [0.2, 0.25) is 21.8 Å². The van der Waals surface area contributed by atoms with Gasteiger partial charge in [-0.2, -0.15) is 19.7 Å². The van der Waals surface area contributed by atoms with Gasteiger partial charge in [-0.05, 0) is 43.4 Å². The van der Waals surface area contributed by atoms with Crippen LogP contribution in [-0.2, 0) is 21.4 Å². The number of aromatic nitrogens is 3. The molecule has 2 saturated heterocycles. The number of H-pyrrole nitrogens is 1. The molecular weight excluding hydrogens is 500 g/mol. The molecule has 0 spiro atoms. The van der Waals surface area contributed by atoms with Gasteiger partial charge >= 0.3 is 0 Å². The van der Waals surface area contributed by atoms with Crippen molar-refractivity contribution in [2.24, 2.45) is 11.7 Å². The SMILES string of the molecule is CC[C@H]1CN(Cc2cn[nH]n2)C(=O)C2CCCC1N2S(=O)(=O)c1cc(Br)cc(C(N)=O)c1. The molecule has 4 rings (SSSR count). The largest absolute Gasteiger partial charge is 0.366 e. The van der Waals surface area contributed by atoms with E-state index in [0.29, 0.717) is 29.6 Å². The monoisotopic (exact) mass is 524 g/mol. The summed E-state index contributed by atoms with van der Waals surface area (Å²) in [4.78, 5) is 26.9. The van der Waals surface area contributed by atoms with Crippen molar-refractivity contribution in [3.05, 3.63) is 40.1 Å². The minimum Gasteiger partial charge on any atom is -0.366 e. The number of sulfonamides is 1. The number of piperidine rings is 1. The fourth-order valence-electron chi connectivity index (χ4n) is 4.75. The van der Waals surface area contributed by atoms with E-state index in [9.17, 15) is 18.0 Å². The second-order valence-corrected chi connectivity index (χ2v) is 11.0. The lowest BCUT2D eigenvalue weighted by molar-refractivity contribution is -0.135. The number of hydrogen-bond acceptors (Lipinski definition) is 6. The first-order valence-electron chi connectivity index (χ1n) is 10.5. The Morgan fingerprint density at radius 1 is 1.31 bits per heavy atom. The van der Waals surface area contributed by atoms with E-state index in [2.05, 4.69) is 31.3 Å². The molecular formula is C20H25BrN6O4S. The Morgan fingerprint density at radius 2 is 2.09 bits per heavy atom. The molecule has 0 saturated carbocycles. The second kappa shape index (κ2) is 8.91. The van der Waals surface area contributed by atoms with E-state index < -0.39 is 22.0 Å². The molecule has 2 fully saturated rings. The predicted molar refractivity (Wildman–Crippen MR) is 119 cm³/mol. The highest BCUT2D eigenvalue weighted by Crippen LogP contribution is 2.38. The molecule has 2 aliphatic rings. The third-order valence-corrected chi connectivity index (χ3v) is 8.65. The van der Waals surface area contributed by atoms with Crippen LogP contribution in [0.15, 0.2) is 33.8 Å². The number of benzene rings is 1. The molecule has 0 radical (unpaired) electrons. The van der Waals surface area contributed by atoms with Crippen LogP contribution in [0.4, 0.5) is 0 Å². The van der Waals surface area contributed by atoms with Crippen molar-refractivity contribution >= 4 is 37.8 Å². The summed E-state index contributed by atoms with van der Waals surface area (Å²) in [6.07, 6.45) is 4.17. The van der Waals surface area contributed by atoms with Crippen LogP contribution >= 0.6 is 15.9 Å². The van der Waals surface area contributed by atoms with Crippen molar-refractivity contribution in [3.63, 3.8) is 0 Å². The first kappa shape index (κ1) is 22.9. The summed E-state index contributed by atoms with van der Waals surface area (Å²) in [5.74, 6) is -0.990. The third kappa shape index (κ3) is 4.18. The van der Waals surface area contributed by atoms with Crippen molar-refractivity contribution in [1.29, 1.82) is 0 Å². The summed E-state index contributed by atoms with van der Waals surface area (Å²) in [6.45, 7) is 2.72. The molecule has 2 aromatic rings. The number of carbonyl (C=O) groups excluding carboxylic acids is 2. The van der Waals surface area contributed by atoms with Gasteiger partial charge in [0.1, 0.15) is 11.7 Å². The van der Waals surface area contributed by atoms with Gasteiger partial charge in [-0.25, -0.2) is 8.42 Å². The molecule has 1 aromatic heterocycles. The number of nitrogens with two attached hydrogens (primary N) is 1. The first-order valence-corrected chi connectivity index (χ1v) is 12.7. The summed E-state index contributed by atoms with van der Waals surface area (Å²) < 4.78 is 29.6. The van der Waals surface area contributed by atoms with Crippen LogP contribution in [0, 0.1) is 5.92 Å². The summed E-state index contributed by atoms with van der Waals surface area (Å²) in [6, 6.07) is 3.08. The van der Waals surface area contributed by atoms with Crippen molar-refractivity contribution < 1.29 is 18.0 Å². The Balaban J connectivity index is 1.77. The first-order chi connectivity index (χ1) is 15.2. The molecule has 32 heavy (non-hydrogen) atoms. The van der Waals surface area contributed by atoms with Crippen LogP contribution in [-0.4, -0.2) is 63.5 Å². The minimum atomic E-state index is -4.07. The average molecular weight is 525 g/mol. The quantitative estimate of drug-likeness (QED) is 0.587. The predicted octanol–water partition coefficient (Wildman–Crippen LogP) is 1.65. The van der Waals surface area contributed by atoms with Gasteiger partial charge in [0, 0.05) is 22.6 Å². The maximum atomic E-state index is 13.9. The van der Waals surface area contributed by atoms with Gasteiger partial charge in [0.25, 0.3) is 0 Å². The summed E-state index contributed by atoms with van der Waals surface area (Å²) in [5.41, 5.74) is 6.11. The van der Waals surface area contributed by atoms with E-state index in [1.807, 2.05) is 6.92 Å². The Bertz CT molecular complexity index is 1120. The lowest BCUT2D eigenvalue weighted by Gasteiger charge is -2.40. The Kier molecular flexibility index (Phi) is 6.37. The second-order valence-electron chi connectivity index (χ2n) is 8.24. The van der Waals surface area contributed by atoms with Crippen molar-refractivity contribution in [3.8, 4) is 0 Å². The Morgan fingerprint density at radius 3 is 2.75 bits per heavy atom. The van der Waals surface area contributed by atoms with Gasteiger partial charge in [0.15, 0.2) is 0 Å². The number of primary amides is 1. The van der Waals surface area contributed by atoms with Crippen molar-refractivity contribution in [2.45, 2.75) is 56.1 Å². The number of carbonyl (C=O) groups is 2. The molecule has 2 amide bonds. The highest BCUT2D eigenvalue weighted by atomic mass is 79.9. The lowest BCUT2D eigenvalue weighted by Crippen LogP contribution is -2.54. The Hall–Kier alpha value is -2.31. The third-order valence-electron chi connectivity index (χ3n) is 6.28. The molecule has 3 atom stereocenters. The van der Waals surface area contributed by atoms with Gasteiger partial charge in [-0.1, -0.05) is 29.3 Å². The number of amides is 2. The maximum Gasteiger partial charge on any atom is 0.248 e. The summed E-state index contributed by atoms with van der Waals surface area (Å²) >= 11 is 3.27. The fourth-order valence-corrected chi connectivity index (χ4v) is 7.35. The molecule has 2 bridgehead atoms. The smallest absolute Gasteiger partial charge is 0.248 e. The maximum absolute atomic E-state index is 13.9. The van der Waals surface area contributed by atoms with E-state index >= 15 is 0 Å². The van der Waals surface area contributed by atoms with Crippen LogP contribution < -0.4 is 5.73 Å². The average Bonchev–Trinajstić information content (AvgIpc) is 3.26. The summed E-state index contributed by atoms with van der Waals surface area (Å²) in [5, 5.41) is 10.4. The topological polar surface area (TPSA) is 142 Å². The molecule has 1 aromatic carbocycles. The highest BCUT2D eigenvalue weighted by Gasteiger charge is 2.49. The van der Waals surface area contributed by atoms with Crippen LogP contribution in [0.25, 0.3) is 0 Å². The molecule has 10 nitrogen and oxygen atoms in total. The molecule has 12 heteroatoms. The zero-order chi connectivity index (χ0) is 23.0. The minimum absolute atomic E-state index is 0.0336. The van der Waals surface area contributed by atoms with E-state index in [4.69, 9.17) is 5.73 Å². The van der Waals surface area contributed by atoms with E-state index in [1.54, 1.807) is 11.1 Å². The van der Waals surface area contributed by atoms with Gasteiger partial charge < -0.3 is 10.6 Å². The normalized spacial score (nSPS) is 24.4. The zero-order valence-electron chi connectivity index (χ0n) is 17.6. The number of nitrogens with zero attached hydrogens (tertiary/aromatic N) is 4. The number of rotatable bonds is 6. The molecule has 2 unspecified atom stereocenters. The standard InChI is InChI=1S/C20H25BrN6O4S/c1-2-12-10-26(11-15-9-23-25-24-15)20(29)18-5-3-4-17(12)27(18)32(30,31)16-7-13(19(22)28)6-14(21)8-16/h6-9,12,17-18H,2-5,10-11H2,1H3,(H2,22,28)(H,23,24,25)/t12-,17?,18?/m0/s1. The molecule has 0 aliphatic carbocycles. The lowest BCUT2D eigenvalue weighted by atomic mass is 9.89. The van der Waals surface area contributed by atoms with E-state index in [-0.39, 0.29) is 34.9 Å². The van der Waals surface area contributed by atoms with Gasteiger partial charge in [0.05, 0.1) is 17.6 Å². The number of fused-ring (bicyclic) bond motifs is 2. The van der Waals surface area contributed by atoms with Crippen LogP contribution in [0.3, 0.4) is 0 Å². The van der Waals surface area contributed by atoms with E-state index in [1.165, 1.54) is 22.5 Å². The van der Waals surface area contributed by atoms with Crippen molar-refractivity contribution in [2.75, 3.05) is 6.54 Å². The Labute approximate surface area is 194 Å². The number of halogens is 1. The number of aromatic amines is 1. The molecule has 3 N–H and O–H groups in total. The molecule has 172 valence electrons. The van der Waals surface area contributed by atoms with Crippen molar-refractivity contribution in [1.82, 2.24) is 24.6 Å². The van der Waals surface area contributed by atoms with Gasteiger partial charge in [-0.15, -0.1) is 0 Å². The molecule has 2 aliphatic heterocycles.